The Kier molecular flexibility index (Phi) is 5.30. The topological polar surface area (TPSA) is 102 Å². The standard InChI is InChI=1S/C15H20N2O4/c16-12(8-10-4-2-1-3-5-10)14(18)17-9-11-6-7-13(21-11)15(19)20/h1-5,11-13H,6-9,16H2,(H,17,18)(H,19,20)/t11?,12-,13?/m0/s1. The number of amides is 1. The summed E-state index contributed by atoms with van der Waals surface area (Å²) in [6.45, 7) is 0.297. The van der Waals surface area contributed by atoms with Gasteiger partial charge in [0.15, 0.2) is 6.10 Å². The lowest BCUT2D eigenvalue weighted by Crippen LogP contribution is -2.44. The molecule has 0 aliphatic carbocycles. The van der Waals surface area contributed by atoms with Gasteiger partial charge in [-0.15, -0.1) is 0 Å². The zero-order valence-corrected chi connectivity index (χ0v) is 11.7. The number of benzene rings is 1. The highest BCUT2D eigenvalue weighted by Crippen LogP contribution is 2.19. The fraction of sp³-hybridized carbons (Fsp3) is 0.467. The molecule has 3 atom stereocenters. The molecule has 1 aromatic rings. The first-order valence-electron chi connectivity index (χ1n) is 7.01. The molecule has 2 unspecified atom stereocenters. The van der Waals surface area contributed by atoms with E-state index in [1.54, 1.807) is 0 Å². The van der Waals surface area contributed by atoms with Gasteiger partial charge in [-0.05, 0) is 24.8 Å². The number of hydrogen-bond donors (Lipinski definition) is 3. The van der Waals surface area contributed by atoms with Crippen LogP contribution < -0.4 is 11.1 Å². The first-order valence-corrected chi connectivity index (χ1v) is 7.01. The van der Waals surface area contributed by atoms with Crippen molar-refractivity contribution in [1.29, 1.82) is 0 Å². The van der Waals surface area contributed by atoms with Crippen molar-refractivity contribution < 1.29 is 19.4 Å². The fourth-order valence-electron chi connectivity index (χ4n) is 2.34. The molecule has 0 saturated carbocycles. The van der Waals surface area contributed by atoms with Crippen molar-refractivity contribution in [2.45, 2.75) is 37.5 Å². The first-order chi connectivity index (χ1) is 10.1. The van der Waals surface area contributed by atoms with Crippen LogP contribution in [-0.4, -0.2) is 41.8 Å². The fourth-order valence-corrected chi connectivity index (χ4v) is 2.34. The molecule has 1 aliphatic rings. The highest BCUT2D eigenvalue weighted by Gasteiger charge is 2.30. The Bertz CT molecular complexity index is 492. The lowest BCUT2D eigenvalue weighted by atomic mass is 10.1. The van der Waals surface area contributed by atoms with Gasteiger partial charge >= 0.3 is 5.97 Å². The number of carboxylic acids is 1. The minimum atomic E-state index is -0.954. The van der Waals surface area contributed by atoms with Crippen molar-refractivity contribution in [3.05, 3.63) is 35.9 Å². The number of carbonyl (C=O) groups is 2. The second-order valence-corrected chi connectivity index (χ2v) is 5.20. The first kappa shape index (κ1) is 15.5. The van der Waals surface area contributed by atoms with E-state index in [4.69, 9.17) is 15.6 Å². The Morgan fingerprint density at radius 1 is 1.33 bits per heavy atom. The third-order valence-electron chi connectivity index (χ3n) is 3.52. The maximum atomic E-state index is 11.9. The molecule has 6 heteroatoms. The van der Waals surface area contributed by atoms with E-state index in [2.05, 4.69) is 5.32 Å². The molecule has 0 radical (unpaired) electrons. The van der Waals surface area contributed by atoms with Crippen LogP contribution in [0.1, 0.15) is 18.4 Å². The predicted octanol–water partition coefficient (Wildman–Crippen LogP) is 0.305. The molecule has 1 heterocycles. The summed E-state index contributed by atoms with van der Waals surface area (Å²) < 4.78 is 5.32. The van der Waals surface area contributed by atoms with Crippen molar-refractivity contribution in [2.75, 3.05) is 6.54 Å². The average molecular weight is 292 g/mol. The van der Waals surface area contributed by atoms with E-state index >= 15 is 0 Å². The molecule has 2 rings (SSSR count). The van der Waals surface area contributed by atoms with Gasteiger partial charge in [0.25, 0.3) is 0 Å². The zero-order chi connectivity index (χ0) is 15.2. The van der Waals surface area contributed by atoms with Crippen LogP contribution >= 0.6 is 0 Å². The van der Waals surface area contributed by atoms with Gasteiger partial charge in [0.2, 0.25) is 5.91 Å². The van der Waals surface area contributed by atoms with E-state index in [-0.39, 0.29) is 12.0 Å². The molecule has 21 heavy (non-hydrogen) atoms. The van der Waals surface area contributed by atoms with E-state index in [1.165, 1.54) is 0 Å². The molecule has 1 aromatic carbocycles. The summed E-state index contributed by atoms with van der Waals surface area (Å²) in [6.07, 6.45) is 0.566. The Hall–Kier alpha value is -1.92. The Morgan fingerprint density at radius 3 is 2.67 bits per heavy atom. The third-order valence-corrected chi connectivity index (χ3v) is 3.52. The van der Waals surface area contributed by atoms with Crippen LogP contribution in [0.5, 0.6) is 0 Å². The van der Waals surface area contributed by atoms with Crippen LogP contribution in [0.2, 0.25) is 0 Å². The van der Waals surface area contributed by atoms with E-state index < -0.39 is 18.1 Å². The molecule has 1 fully saturated rings. The number of rotatable bonds is 6. The van der Waals surface area contributed by atoms with E-state index in [1.807, 2.05) is 30.3 Å². The van der Waals surface area contributed by atoms with Gasteiger partial charge in [0.05, 0.1) is 12.1 Å². The number of aliphatic carboxylic acids is 1. The van der Waals surface area contributed by atoms with Gasteiger partial charge in [-0.1, -0.05) is 30.3 Å². The minimum absolute atomic E-state index is 0.249. The highest BCUT2D eigenvalue weighted by molar-refractivity contribution is 5.81. The lowest BCUT2D eigenvalue weighted by molar-refractivity contribution is -0.149. The van der Waals surface area contributed by atoms with Gasteiger partial charge in [0, 0.05) is 6.54 Å². The molecule has 0 bridgehead atoms. The molecular formula is C15H20N2O4. The van der Waals surface area contributed by atoms with Crippen LogP contribution in [0.25, 0.3) is 0 Å². The molecule has 6 nitrogen and oxygen atoms in total. The maximum Gasteiger partial charge on any atom is 0.332 e. The number of ether oxygens (including phenoxy) is 1. The molecular weight excluding hydrogens is 272 g/mol. The van der Waals surface area contributed by atoms with Crippen molar-refractivity contribution in [3.63, 3.8) is 0 Å². The number of nitrogens with two attached hydrogens (primary N) is 1. The summed E-state index contributed by atoms with van der Waals surface area (Å²) in [6, 6.07) is 8.93. The number of carboxylic acid groups (broad SMARTS) is 1. The molecule has 0 spiro atoms. The molecule has 1 amide bonds. The van der Waals surface area contributed by atoms with E-state index in [0.29, 0.717) is 25.8 Å². The summed E-state index contributed by atoms with van der Waals surface area (Å²) in [5.74, 6) is -1.20. The van der Waals surface area contributed by atoms with Crippen LogP contribution in [0, 0.1) is 0 Å². The Labute approximate surface area is 123 Å². The van der Waals surface area contributed by atoms with Crippen molar-refractivity contribution >= 4 is 11.9 Å². The van der Waals surface area contributed by atoms with Crippen LogP contribution in [0.4, 0.5) is 0 Å². The summed E-state index contributed by atoms with van der Waals surface area (Å²) >= 11 is 0. The van der Waals surface area contributed by atoms with Gasteiger partial charge in [0.1, 0.15) is 0 Å². The summed E-state index contributed by atoms with van der Waals surface area (Å²) in [5.41, 5.74) is 6.87. The second kappa shape index (κ2) is 7.19. The van der Waals surface area contributed by atoms with Crippen molar-refractivity contribution in [3.8, 4) is 0 Å². The Balaban J connectivity index is 1.73. The zero-order valence-electron chi connectivity index (χ0n) is 11.7. The average Bonchev–Trinajstić information content (AvgIpc) is 2.95. The summed E-state index contributed by atoms with van der Waals surface area (Å²) in [7, 11) is 0. The van der Waals surface area contributed by atoms with E-state index in [9.17, 15) is 9.59 Å². The molecule has 0 aromatic heterocycles. The highest BCUT2D eigenvalue weighted by atomic mass is 16.5. The number of carbonyl (C=O) groups excluding carboxylic acids is 1. The molecule has 1 aliphatic heterocycles. The van der Waals surface area contributed by atoms with E-state index in [0.717, 1.165) is 5.56 Å². The predicted molar refractivity (Wildman–Crippen MR) is 76.7 cm³/mol. The van der Waals surface area contributed by atoms with Gasteiger partial charge in [-0.3, -0.25) is 4.79 Å². The molecule has 4 N–H and O–H groups in total. The van der Waals surface area contributed by atoms with Crippen molar-refractivity contribution in [2.24, 2.45) is 5.73 Å². The number of nitrogens with one attached hydrogen (secondary N) is 1. The minimum Gasteiger partial charge on any atom is -0.479 e. The van der Waals surface area contributed by atoms with Crippen molar-refractivity contribution in [1.82, 2.24) is 5.32 Å². The number of hydrogen-bond acceptors (Lipinski definition) is 4. The van der Waals surface area contributed by atoms with Gasteiger partial charge < -0.3 is 20.9 Å². The Morgan fingerprint density at radius 2 is 2.05 bits per heavy atom. The second-order valence-electron chi connectivity index (χ2n) is 5.20. The summed E-state index contributed by atoms with van der Waals surface area (Å²) in [5, 5.41) is 11.6. The lowest BCUT2D eigenvalue weighted by Gasteiger charge is -2.15. The van der Waals surface area contributed by atoms with Crippen LogP contribution in [0.3, 0.4) is 0 Å². The van der Waals surface area contributed by atoms with Gasteiger partial charge in [-0.2, -0.15) is 0 Å². The SMILES string of the molecule is N[C@@H](Cc1ccccc1)C(=O)NCC1CCC(C(=O)O)O1. The smallest absolute Gasteiger partial charge is 0.332 e. The summed E-state index contributed by atoms with van der Waals surface area (Å²) in [4.78, 5) is 22.7. The van der Waals surface area contributed by atoms with Gasteiger partial charge in [-0.25, -0.2) is 4.79 Å². The monoisotopic (exact) mass is 292 g/mol. The quantitative estimate of drug-likeness (QED) is 0.700. The van der Waals surface area contributed by atoms with Crippen LogP contribution in [-0.2, 0) is 20.7 Å². The third kappa shape index (κ3) is 4.54. The van der Waals surface area contributed by atoms with Crippen LogP contribution in [0.15, 0.2) is 30.3 Å². The maximum absolute atomic E-state index is 11.9. The largest absolute Gasteiger partial charge is 0.479 e. The molecule has 114 valence electrons. The molecule has 1 saturated heterocycles. The normalized spacial score (nSPS) is 22.7.